The Balaban J connectivity index is 1.99. The van der Waals surface area contributed by atoms with E-state index in [9.17, 15) is 4.79 Å². The van der Waals surface area contributed by atoms with Crippen LogP contribution in [0.4, 0.5) is 5.95 Å². The Morgan fingerprint density at radius 3 is 2.76 bits per heavy atom. The first-order valence-electron chi connectivity index (χ1n) is 6.66. The summed E-state index contributed by atoms with van der Waals surface area (Å²) in [6.07, 6.45) is 0.882. The zero-order valence-electron chi connectivity index (χ0n) is 11.8. The van der Waals surface area contributed by atoms with E-state index in [4.69, 9.17) is 10.8 Å². The summed E-state index contributed by atoms with van der Waals surface area (Å²) in [4.78, 5) is 10.6. The fourth-order valence-electron chi connectivity index (χ4n) is 2.01. The molecule has 0 aliphatic carbocycles. The topological polar surface area (TPSA) is 94.0 Å². The number of nitrogen functional groups attached to an aromatic ring is 1. The van der Waals surface area contributed by atoms with Crippen LogP contribution in [0.1, 0.15) is 24.8 Å². The van der Waals surface area contributed by atoms with Crippen molar-refractivity contribution in [2.45, 2.75) is 31.0 Å². The summed E-state index contributed by atoms with van der Waals surface area (Å²) in [6, 6.07) is 10.2. The molecule has 0 saturated carbocycles. The maximum absolute atomic E-state index is 10.6. The van der Waals surface area contributed by atoms with Gasteiger partial charge < -0.3 is 10.8 Å². The fourth-order valence-corrected chi connectivity index (χ4v) is 2.71. The third-order valence-corrected chi connectivity index (χ3v) is 4.18. The van der Waals surface area contributed by atoms with E-state index in [-0.39, 0.29) is 5.75 Å². The van der Waals surface area contributed by atoms with Gasteiger partial charge >= 0.3 is 5.97 Å². The highest BCUT2D eigenvalue weighted by Gasteiger charge is 2.13. The molecule has 1 aromatic heterocycles. The Labute approximate surface area is 127 Å². The van der Waals surface area contributed by atoms with E-state index >= 15 is 0 Å². The number of carboxylic acids is 1. The molecule has 0 radical (unpaired) electrons. The van der Waals surface area contributed by atoms with Gasteiger partial charge in [0.25, 0.3) is 0 Å². The summed E-state index contributed by atoms with van der Waals surface area (Å²) in [5.41, 5.74) is 7.07. The number of carboxylic acid groups (broad SMARTS) is 1. The number of carbonyl (C=O) groups is 1. The molecule has 0 saturated heterocycles. The fraction of sp³-hybridized carbons (Fsp3) is 0.357. The van der Waals surface area contributed by atoms with Crippen LogP contribution in [0.3, 0.4) is 0 Å². The predicted molar refractivity (Wildman–Crippen MR) is 82.3 cm³/mol. The van der Waals surface area contributed by atoms with Crippen LogP contribution in [0, 0.1) is 0 Å². The van der Waals surface area contributed by atoms with Crippen LogP contribution in [0.25, 0.3) is 0 Å². The van der Waals surface area contributed by atoms with Crippen molar-refractivity contribution < 1.29 is 9.90 Å². The quantitative estimate of drug-likeness (QED) is 0.762. The van der Waals surface area contributed by atoms with Gasteiger partial charge in [-0.3, -0.25) is 9.36 Å². The van der Waals surface area contributed by atoms with Crippen LogP contribution < -0.4 is 5.73 Å². The van der Waals surface area contributed by atoms with Crippen molar-refractivity contribution in [1.29, 1.82) is 0 Å². The molecule has 0 fully saturated rings. The number of anilines is 1. The van der Waals surface area contributed by atoms with Crippen molar-refractivity contribution in [3.8, 4) is 0 Å². The van der Waals surface area contributed by atoms with E-state index in [0.717, 1.165) is 18.2 Å². The van der Waals surface area contributed by atoms with Crippen LogP contribution in [0.15, 0.2) is 35.5 Å². The maximum atomic E-state index is 10.6. The van der Waals surface area contributed by atoms with Crippen molar-refractivity contribution in [1.82, 2.24) is 14.8 Å². The van der Waals surface area contributed by atoms with Gasteiger partial charge in [-0.25, -0.2) is 0 Å². The molecule has 0 amide bonds. The number of nitrogens with two attached hydrogens (primary N) is 1. The SMILES string of the molecule is CC(CCn1c(N)nnc1SCC(=O)O)c1ccccc1. The average Bonchev–Trinajstić information content (AvgIpc) is 2.84. The lowest BCUT2D eigenvalue weighted by molar-refractivity contribution is -0.133. The van der Waals surface area contributed by atoms with Crippen LogP contribution in [0.2, 0.25) is 0 Å². The van der Waals surface area contributed by atoms with Gasteiger partial charge in [0.2, 0.25) is 5.95 Å². The molecule has 0 bridgehead atoms. The molecule has 2 aromatic rings. The molecule has 1 unspecified atom stereocenters. The average molecular weight is 306 g/mol. The molecule has 0 aliphatic rings. The second-order valence-electron chi connectivity index (χ2n) is 4.78. The highest BCUT2D eigenvalue weighted by atomic mass is 32.2. The molecule has 1 atom stereocenters. The van der Waals surface area contributed by atoms with Gasteiger partial charge in [0.05, 0.1) is 5.75 Å². The Morgan fingerprint density at radius 2 is 2.10 bits per heavy atom. The zero-order chi connectivity index (χ0) is 15.2. The highest BCUT2D eigenvalue weighted by molar-refractivity contribution is 7.99. The first-order valence-corrected chi connectivity index (χ1v) is 7.64. The summed E-state index contributed by atoms with van der Waals surface area (Å²) in [5.74, 6) is -0.230. The number of thioether (sulfide) groups is 1. The minimum absolute atomic E-state index is 0.0492. The number of benzene rings is 1. The van der Waals surface area contributed by atoms with Crippen LogP contribution in [0.5, 0.6) is 0 Å². The van der Waals surface area contributed by atoms with E-state index in [1.165, 1.54) is 5.56 Å². The van der Waals surface area contributed by atoms with Gasteiger partial charge in [0.15, 0.2) is 5.16 Å². The molecule has 3 N–H and O–H groups in total. The van der Waals surface area contributed by atoms with E-state index in [0.29, 0.717) is 23.6 Å². The van der Waals surface area contributed by atoms with Crippen molar-refractivity contribution in [3.63, 3.8) is 0 Å². The number of aliphatic carboxylic acids is 1. The molecule has 6 nitrogen and oxygen atoms in total. The van der Waals surface area contributed by atoms with E-state index < -0.39 is 5.97 Å². The predicted octanol–water partition coefficient (Wildman–Crippen LogP) is 2.23. The molecule has 0 spiro atoms. The second kappa shape index (κ2) is 7.12. The van der Waals surface area contributed by atoms with Crippen LogP contribution in [-0.4, -0.2) is 31.6 Å². The van der Waals surface area contributed by atoms with Crippen LogP contribution in [-0.2, 0) is 11.3 Å². The minimum Gasteiger partial charge on any atom is -0.481 e. The van der Waals surface area contributed by atoms with Gasteiger partial charge in [-0.15, -0.1) is 10.2 Å². The maximum Gasteiger partial charge on any atom is 0.313 e. The van der Waals surface area contributed by atoms with Crippen molar-refractivity contribution in [2.24, 2.45) is 0 Å². The zero-order valence-corrected chi connectivity index (χ0v) is 12.6. The smallest absolute Gasteiger partial charge is 0.313 e. The molecule has 2 rings (SSSR count). The normalized spacial score (nSPS) is 12.2. The monoisotopic (exact) mass is 306 g/mol. The Kier molecular flexibility index (Phi) is 5.21. The lowest BCUT2D eigenvalue weighted by Crippen LogP contribution is -2.08. The molecular formula is C14H18N4O2S. The number of aromatic nitrogens is 3. The first-order chi connectivity index (χ1) is 10.1. The van der Waals surface area contributed by atoms with E-state index in [2.05, 4.69) is 29.3 Å². The summed E-state index contributed by atoms with van der Waals surface area (Å²) in [6.45, 7) is 2.82. The van der Waals surface area contributed by atoms with Crippen molar-refractivity contribution >= 4 is 23.7 Å². The van der Waals surface area contributed by atoms with Gasteiger partial charge in [-0.05, 0) is 17.9 Å². The Morgan fingerprint density at radius 1 is 1.38 bits per heavy atom. The van der Waals surface area contributed by atoms with Gasteiger partial charge in [-0.2, -0.15) is 0 Å². The van der Waals surface area contributed by atoms with E-state index in [1.807, 2.05) is 18.2 Å². The van der Waals surface area contributed by atoms with Gasteiger partial charge in [-0.1, -0.05) is 49.0 Å². The lowest BCUT2D eigenvalue weighted by Gasteiger charge is -2.13. The molecule has 7 heteroatoms. The summed E-state index contributed by atoms with van der Waals surface area (Å²) in [7, 11) is 0. The van der Waals surface area contributed by atoms with Gasteiger partial charge in [0.1, 0.15) is 0 Å². The largest absolute Gasteiger partial charge is 0.481 e. The third-order valence-electron chi connectivity index (χ3n) is 3.22. The van der Waals surface area contributed by atoms with Crippen LogP contribution >= 0.6 is 11.8 Å². The molecule has 1 heterocycles. The number of nitrogens with zero attached hydrogens (tertiary/aromatic N) is 3. The summed E-state index contributed by atoms with van der Waals surface area (Å²) >= 11 is 1.13. The number of hydrogen-bond acceptors (Lipinski definition) is 5. The highest BCUT2D eigenvalue weighted by Crippen LogP contribution is 2.23. The molecule has 112 valence electrons. The Hall–Kier alpha value is -2.02. The molecule has 0 aliphatic heterocycles. The molecule has 21 heavy (non-hydrogen) atoms. The summed E-state index contributed by atoms with van der Waals surface area (Å²) < 4.78 is 1.77. The number of hydrogen-bond donors (Lipinski definition) is 2. The van der Waals surface area contributed by atoms with Crippen molar-refractivity contribution in [2.75, 3.05) is 11.5 Å². The minimum atomic E-state index is -0.884. The third kappa shape index (κ3) is 4.22. The van der Waals surface area contributed by atoms with Crippen molar-refractivity contribution in [3.05, 3.63) is 35.9 Å². The second-order valence-corrected chi connectivity index (χ2v) is 5.72. The molecular weight excluding hydrogens is 288 g/mol. The lowest BCUT2D eigenvalue weighted by atomic mass is 9.98. The Bertz CT molecular complexity index is 600. The van der Waals surface area contributed by atoms with Gasteiger partial charge in [0, 0.05) is 6.54 Å². The van der Waals surface area contributed by atoms with E-state index in [1.54, 1.807) is 4.57 Å². The summed E-state index contributed by atoms with van der Waals surface area (Å²) in [5, 5.41) is 17.0. The standard InChI is InChI=1S/C14H18N4O2S/c1-10(11-5-3-2-4-6-11)7-8-18-13(15)16-17-14(18)21-9-12(19)20/h2-6,10H,7-9H2,1H3,(H2,15,16)(H,19,20). The first kappa shape index (κ1) is 15.4. The number of rotatable bonds is 7. The molecule has 1 aromatic carbocycles.